The number of nitrogens with zero attached hydrogens (tertiary/aromatic N) is 1. The molecular formula is C15H17NO2S2. The normalized spacial score (nSPS) is 18.9. The maximum absolute atomic E-state index is 12.8. The topological polar surface area (TPSA) is 37.4 Å². The van der Waals surface area contributed by atoms with Crippen LogP contribution >= 0.6 is 11.3 Å². The summed E-state index contributed by atoms with van der Waals surface area (Å²) in [7, 11) is -3.43. The highest BCUT2D eigenvalue weighted by atomic mass is 32.2. The summed E-state index contributed by atoms with van der Waals surface area (Å²) in [5.74, 6) is 0.405. The van der Waals surface area contributed by atoms with Gasteiger partial charge in [0.15, 0.2) is 0 Å². The lowest BCUT2D eigenvalue weighted by Crippen LogP contribution is -2.35. The second-order valence-corrected chi connectivity index (χ2v) is 8.57. The lowest BCUT2D eigenvalue weighted by molar-refractivity contribution is 0.580. The highest BCUT2D eigenvalue weighted by Crippen LogP contribution is 2.38. The number of anilines is 1. The summed E-state index contributed by atoms with van der Waals surface area (Å²) in [5, 5.41) is 0. The number of thiophene rings is 1. The Bertz CT molecular complexity index is 734. The van der Waals surface area contributed by atoms with E-state index in [0.717, 1.165) is 22.5 Å². The van der Waals surface area contributed by atoms with Crippen LogP contribution in [0.1, 0.15) is 29.7 Å². The molecule has 2 aromatic rings. The van der Waals surface area contributed by atoms with Gasteiger partial charge in [-0.15, -0.1) is 11.3 Å². The smallest absolute Gasteiger partial charge is 0.265 e. The molecule has 1 atom stereocenters. The van der Waals surface area contributed by atoms with Gasteiger partial charge in [0.25, 0.3) is 10.0 Å². The third-order valence-corrected chi connectivity index (χ3v) is 7.04. The molecule has 0 saturated heterocycles. The minimum absolute atomic E-state index is 0.405. The van der Waals surface area contributed by atoms with E-state index in [1.54, 1.807) is 10.4 Å². The first-order valence-electron chi connectivity index (χ1n) is 6.68. The molecular weight excluding hydrogens is 290 g/mol. The van der Waals surface area contributed by atoms with E-state index >= 15 is 0 Å². The van der Waals surface area contributed by atoms with Crippen LogP contribution in [0.5, 0.6) is 0 Å². The van der Waals surface area contributed by atoms with E-state index in [1.807, 2.05) is 37.3 Å². The van der Waals surface area contributed by atoms with E-state index in [1.165, 1.54) is 11.3 Å². The van der Waals surface area contributed by atoms with Gasteiger partial charge in [-0.2, -0.15) is 0 Å². The molecule has 0 aliphatic carbocycles. The van der Waals surface area contributed by atoms with Gasteiger partial charge in [0.1, 0.15) is 4.21 Å². The molecule has 0 radical (unpaired) electrons. The quantitative estimate of drug-likeness (QED) is 0.847. The van der Waals surface area contributed by atoms with Crippen LogP contribution in [0.4, 0.5) is 5.69 Å². The molecule has 0 fully saturated rings. The largest absolute Gasteiger partial charge is 0.273 e. The number of benzene rings is 1. The first kappa shape index (κ1) is 13.6. The molecule has 1 aliphatic rings. The summed E-state index contributed by atoms with van der Waals surface area (Å²) in [6.07, 6.45) is 0.862. The van der Waals surface area contributed by atoms with Crippen molar-refractivity contribution in [2.75, 3.05) is 10.8 Å². The number of hydrogen-bond donors (Lipinski definition) is 0. The molecule has 2 heterocycles. The van der Waals surface area contributed by atoms with Crippen molar-refractivity contribution in [1.82, 2.24) is 0 Å². The monoisotopic (exact) mass is 307 g/mol. The first-order chi connectivity index (χ1) is 9.50. The second kappa shape index (κ2) is 4.90. The Hall–Kier alpha value is -1.33. The van der Waals surface area contributed by atoms with Gasteiger partial charge in [0, 0.05) is 11.4 Å². The molecule has 20 heavy (non-hydrogen) atoms. The van der Waals surface area contributed by atoms with Crippen molar-refractivity contribution >= 4 is 27.0 Å². The molecule has 0 saturated carbocycles. The van der Waals surface area contributed by atoms with Crippen LogP contribution in [0, 0.1) is 6.92 Å². The van der Waals surface area contributed by atoms with Crippen LogP contribution in [0.15, 0.2) is 40.6 Å². The van der Waals surface area contributed by atoms with Gasteiger partial charge in [-0.3, -0.25) is 4.31 Å². The number of rotatable bonds is 2. The van der Waals surface area contributed by atoms with Gasteiger partial charge in [0.05, 0.1) is 5.69 Å². The molecule has 3 nitrogen and oxygen atoms in total. The van der Waals surface area contributed by atoms with Gasteiger partial charge in [-0.25, -0.2) is 8.42 Å². The molecule has 1 aliphatic heterocycles. The lowest BCUT2D eigenvalue weighted by atomic mass is 9.93. The van der Waals surface area contributed by atoms with Crippen LogP contribution in [0.2, 0.25) is 0 Å². The standard InChI is InChI=1S/C15H17NO2S2/c1-11-9-10-16(14-6-4-3-5-13(11)14)20(17,18)15-8-7-12(2)19-15/h3-8,11H,9-10H2,1-2H3/t11-/m0/s1. The van der Waals surface area contributed by atoms with Crippen molar-refractivity contribution in [3.05, 3.63) is 46.8 Å². The van der Waals surface area contributed by atoms with Gasteiger partial charge >= 0.3 is 0 Å². The number of aryl methyl sites for hydroxylation is 1. The van der Waals surface area contributed by atoms with Crippen molar-refractivity contribution < 1.29 is 8.42 Å². The summed E-state index contributed by atoms with van der Waals surface area (Å²) in [5.41, 5.74) is 1.95. The Morgan fingerprint density at radius 3 is 2.65 bits per heavy atom. The Morgan fingerprint density at radius 1 is 1.20 bits per heavy atom. The van der Waals surface area contributed by atoms with Crippen LogP contribution < -0.4 is 4.31 Å². The minimum atomic E-state index is -3.43. The highest BCUT2D eigenvalue weighted by molar-refractivity contribution is 7.94. The van der Waals surface area contributed by atoms with Crippen molar-refractivity contribution in [3.8, 4) is 0 Å². The summed E-state index contributed by atoms with van der Waals surface area (Å²) < 4.78 is 27.6. The van der Waals surface area contributed by atoms with E-state index in [9.17, 15) is 8.42 Å². The number of para-hydroxylation sites is 1. The molecule has 0 amide bonds. The first-order valence-corrected chi connectivity index (χ1v) is 8.94. The second-order valence-electron chi connectivity index (χ2n) is 5.19. The fraction of sp³-hybridized carbons (Fsp3) is 0.333. The number of fused-ring (bicyclic) bond motifs is 1. The molecule has 0 spiro atoms. The van der Waals surface area contributed by atoms with Crippen LogP contribution in [-0.4, -0.2) is 15.0 Å². The SMILES string of the molecule is Cc1ccc(S(=O)(=O)N2CC[C@H](C)c3ccccc32)s1. The van der Waals surface area contributed by atoms with E-state index in [-0.39, 0.29) is 0 Å². The molecule has 5 heteroatoms. The van der Waals surface area contributed by atoms with Crippen molar-refractivity contribution in [1.29, 1.82) is 0 Å². The van der Waals surface area contributed by atoms with Crippen molar-refractivity contribution in [3.63, 3.8) is 0 Å². The van der Waals surface area contributed by atoms with Crippen LogP contribution in [-0.2, 0) is 10.0 Å². The van der Waals surface area contributed by atoms with Crippen molar-refractivity contribution in [2.45, 2.75) is 30.4 Å². The zero-order chi connectivity index (χ0) is 14.3. The highest BCUT2D eigenvalue weighted by Gasteiger charge is 2.32. The third-order valence-electron chi connectivity index (χ3n) is 3.76. The van der Waals surface area contributed by atoms with Gasteiger partial charge in [-0.05, 0) is 43.0 Å². The zero-order valence-electron chi connectivity index (χ0n) is 11.5. The molecule has 0 N–H and O–H groups in total. The predicted octanol–water partition coefficient (Wildman–Crippen LogP) is 3.76. The Balaban J connectivity index is 2.10. The van der Waals surface area contributed by atoms with Crippen LogP contribution in [0.25, 0.3) is 0 Å². The Labute approximate surface area is 123 Å². The molecule has 3 rings (SSSR count). The van der Waals surface area contributed by atoms with Gasteiger partial charge in [-0.1, -0.05) is 25.1 Å². The van der Waals surface area contributed by atoms with Crippen molar-refractivity contribution in [2.24, 2.45) is 0 Å². The summed E-state index contributed by atoms with van der Waals surface area (Å²) in [6.45, 7) is 4.63. The van der Waals surface area contributed by atoms with E-state index in [4.69, 9.17) is 0 Å². The maximum Gasteiger partial charge on any atom is 0.273 e. The Kier molecular flexibility index (Phi) is 3.34. The summed E-state index contributed by atoms with van der Waals surface area (Å²) in [6, 6.07) is 11.4. The Morgan fingerprint density at radius 2 is 1.95 bits per heavy atom. The fourth-order valence-electron chi connectivity index (χ4n) is 2.63. The fourth-order valence-corrected chi connectivity index (χ4v) is 5.53. The minimum Gasteiger partial charge on any atom is -0.265 e. The third kappa shape index (κ3) is 2.15. The zero-order valence-corrected chi connectivity index (χ0v) is 13.2. The summed E-state index contributed by atoms with van der Waals surface area (Å²) >= 11 is 1.33. The molecule has 106 valence electrons. The van der Waals surface area contributed by atoms with Crippen LogP contribution in [0.3, 0.4) is 0 Å². The van der Waals surface area contributed by atoms with Gasteiger partial charge < -0.3 is 0 Å². The number of sulfonamides is 1. The van der Waals surface area contributed by atoms with Gasteiger partial charge in [0.2, 0.25) is 0 Å². The van der Waals surface area contributed by atoms with E-state index in [0.29, 0.717) is 16.7 Å². The van der Waals surface area contributed by atoms with E-state index < -0.39 is 10.0 Å². The lowest BCUT2D eigenvalue weighted by Gasteiger charge is -2.33. The molecule has 1 aromatic carbocycles. The molecule has 0 unspecified atom stereocenters. The molecule has 1 aromatic heterocycles. The predicted molar refractivity (Wildman–Crippen MR) is 83.1 cm³/mol. The average Bonchev–Trinajstić information content (AvgIpc) is 2.87. The molecule has 0 bridgehead atoms. The average molecular weight is 307 g/mol. The maximum atomic E-state index is 12.8. The number of hydrogen-bond acceptors (Lipinski definition) is 3. The van der Waals surface area contributed by atoms with E-state index in [2.05, 4.69) is 6.92 Å². The summed E-state index contributed by atoms with van der Waals surface area (Å²) in [4.78, 5) is 1.02.